The molecule has 1 aliphatic rings. The van der Waals surface area contributed by atoms with Gasteiger partial charge in [0.25, 0.3) is 0 Å². The minimum atomic E-state index is 0.448. The van der Waals surface area contributed by atoms with Crippen molar-refractivity contribution in [2.75, 3.05) is 11.9 Å². The number of halogens is 1. The molecule has 0 aromatic carbocycles. The van der Waals surface area contributed by atoms with E-state index < -0.39 is 0 Å². The van der Waals surface area contributed by atoms with E-state index in [-0.39, 0.29) is 0 Å². The molecule has 1 saturated carbocycles. The highest BCUT2D eigenvalue weighted by Gasteiger charge is 2.28. The molecule has 0 saturated heterocycles. The summed E-state index contributed by atoms with van der Waals surface area (Å²) >= 11 is 2.40. The van der Waals surface area contributed by atoms with Crippen LogP contribution in [0, 0.1) is 9.49 Å². The van der Waals surface area contributed by atoms with Crippen molar-refractivity contribution in [3.8, 4) is 0 Å². The Morgan fingerprint density at radius 1 is 1.24 bits per heavy atom. The van der Waals surface area contributed by atoms with Crippen LogP contribution in [0.1, 0.15) is 83.2 Å². The summed E-state index contributed by atoms with van der Waals surface area (Å²) in [5.74, 6) is 4.00. The van der Waals surface area contributed by atoms with Crippen molar-refractivity contribution in [3.63, 3.8) is 0 Å². The Kier molecular flexibility index (Phi) is 6.26. The van der Waals surface area contributed by atoms with Gasteiger partial charge in [0.15, 0.2) is 0 Å². The van der Waals surface area contributed by atoms with Gasteiger partial charge in [-0.15, -0.1) is 0 Å². The number of nitrogens with zero attached hydrogens (tertiary/aromatic N) is 2. The lowest BCUT2D eigenvalue weighted by Crippen LogP contribution is -2.13. The fourth-order valence-corrected chi connectivity index (χ4v) is 4.14. The lowest BCUT2D eigenvalue weighted by molar-refractivity contribution is 0.516. The number of nitrogens with one attached hydrogen (secondary N) is 1. The second kappa shape index (κ2) is 7.75. The van der Waals surface area contributed by atoms with E-state index in [1.54, 1.807) is 0 Å². The minimum Gasteiger partial charge on any atom is -0.369 e. The third-order valence-corrected chi connectivity index (χ3v) is 5.53. The summed E-state index contributed by atoms with van der Waals surface area (Å²) in [4.78, 5) is 9.81. The average Bonchev–Trinajstić information content (AvgIpc) is 2.94. The second-order valence-corrected chi connectivity index (χ2v) is 7.57. The molecular formula is C17H28IN3. The molecule has 2 unspecified atom stereocenters. The normalized spacial score (nSPS) is 22.0. The van der Waals surface area contributed by atoms with E-state index in [1.807, 2.05) is 0 Å². The van der Waals surface area contributed by atoms with Gasteiger partial charge in [-0.1, -0.05) is 34.1 Å². The summed E-state index contributed by atoms with van der Waals surface area (Å²) in [6, 6.07) is 0. The monoisotopic (exact) mass is 401 g/mol. The number of hydrogen-bond acceptors (Lipinski definition) is 3. The van der Waals surface area contributed by atoms with E-state index in [1.165, 1.54) is 34.9 Å². The largest absolute Gasteiger partial charge is 0.369 e. The Bertz CT molecular complexity index is 473. The molecule has 0 amide bonds. The molecule has 1 heterocycles. The highest BCUT2D eigenvalue weighted by Crippen LogP contribution is 2.39. The minimum absolute atomic E-state index is 0.448. The molecule has 2 rings (SSSR count). The van der Waals surface area contributed by atoms with Crippen molar-refractivity contribution in [2.24, 2.45) is 5.92 Å². The molecule has 2 atom stereocenters. The van der Waals surface area contributed by atoms with Gasteiger partial charge < -0.3 is 5.32 Å². The Labute approximate surface area is 142 Å². The summed E-state index contributed by atoms with van der Waals surface area (Å²) in [5.41, 5.74) is 1.21. The topological polar surface area (TPSA) is 37.8 Å². The van der Waals surface area contributed by atoms with E-state index in [0.717, 1.165) is 30.5 Å². The predicted octanol–water partition coefficient (Wildman–Crippen LogP) is 5.32. The fraction of sp³-hybridized carbons (Fsp3) is 0.765. The van der Waals surface area contributed by atoms with Crippen LogP contribution < -0.4 is 5.32 Å². The molecule has 21 heavy (non-hydrogen) atoms. The molecule has 1 aromatic rings. The number of anilines is 1. The zero-order valence-corrected chi connectivity index (χ0v) is 15.9. The third kappa shape index (κ3) is 4.08. The Morgan fingerprint density at radius 3 is 2.57 bits per heavy atom. The lowest BCUT2D eigenvalue weighted by Gasteiger charge is -2.17. The summed E-state index contributed by atoms with van der Waals surface area (Å²) in [7, 11) is 0. The molecule has 3 nitrogen and oxygen atoms in total. The first-order valence-corrected chi connectivity index (χ1v) is 9.45. The Morgan fingerprint density at radius 2 is 2.00 bits per heavy atom. The quantitative estimate of drug-likeness (QED) is 0.656. The first-order valence-electron chi connectivity index (χ1n) is 8.37. The number of hydrogen-bond donors (Lipinski definition) is 1. The molecule has 118 valence electrons. The first kappa shape index (κ1) is 17.0. The highest BCUT2D eigenvalue weighted by molar-refractivity contribution is 14.1. The van der Waals surface area contributed by atoms with Crippen molar-refractivity contribution < 1.29 is 0 Å². The average molecular weight is 401 g/mol. The Balaban J connectivity index is 2.30. The zero-order valence-electron chi connectivity index (χ0n) is 13.7. The van der Waals surface area contributed by atoms with E-state index in [2.05, 4.69) is 55.6 Å². The van der Waals surface area contributed by atoms with Gasteiger partial charge in [-0.05, 0) is 60.1 Å². The van der Waals surface area contributed by atoms with Crippen molar-refractivity contribution in [2.45, 2.75) is 71.6 Å². The van der Waals surface area contributed by atoms with Gasteiger partial charge >= 0.3 is 0 Å². The standard InChI is InChI=1S/C17H28IN3/c1-5-9-19-17-14(18)15(11(3)4)20-16(21-17)13-8-7-12(6-2)10-13/h11-13H,5-10H2,1-4H3,(H,19,20,21). The predicted molar refractivity (Wildman–Crippen MR) is 98.0 cm³/mol. The summed E-state index contributed by atoms with van der Waals surface area (Å²) in [6.07, 6.45) is 6.27. The van der Waals surface area contributed by atoms with E-state index in [9.17, 15) is 0 Å². The van der Waals surface area contributed by atoms with Crippen LogP contribution >= 0.6 is 22.6 Å². The van der Waals surface area contributed by atoms with Crippen LogP contribution in [-0.4, -0.2) is 16.5 Å². The third-order valence-electron chi connectivity index (χ3n) is 4.47. The van der Waals surface area contributed by atoms with Crippen molar-refractivity contribution in [3.05, 3.63) is 15.1 Å². The van der Waals surface area contributed by atoms with E-state index in [4.69, 9.17) is 9.97 Å². The van der Waals surface area contributed by atoms with Crippen molar-refractivity contribution in [1.82, 2.24) is 9.97 Å². The van der Waals surface area contributed by atoms with Gasteiger partial charge in [0.1, 0.15) is 11.6 Å². The van der Waals surface area contributed by atoms with Crippen LogP contribution in [0.5, 0.6) is 0 Å². The number of aromatic nitrogens is 2. The molecular weight excluding hydrogens is 373 g/mol. The highest BCUT2D eigenvalue weighted by atomic mass is 127. The SMILES string of the molecule is CCCNc1nc(C2CCC(CC)C2)nc(C(C)C)c1I. The first-order chi connectivity index (χ1) is 10.1. The molecule has 1 aromatic heterocycles. The lowest BCUT2D eigenvalue weighted by atomic mass is 10.0. The zero-order chi connectivity index (χ0) is 15.4. The van der Waals surface area contributed by atoms with Crippen LogP contribution in [0.4, 0.5) is 5.82 Å². The molecule has 1 N–H and O–H groups in total. The molecule has 0 spiro atoms. The smallest absolute Gasteiger partial charge is 0.143 e. The maximum absolute atomic E-state index is 4.93. The van der Waals surface area contributed by atoms with Crippen LogP contribution in [0.25, 0.3) is 0 Å². The van der Waals surface area contributed by atoms with E-state index >= 15 is 0 Å². The van der Waals surface area contributed by atoms with Gasteiger partial charge in [0.05, 0.1) is 9.26 Å². The maximum Gasteiger partial charge on any atom is 0.143 e. The van der Waals surface area contributed by atoms with Crippen LogP contribution in [0.2, 0.25) is 0 Å². The summed E-state index contributed by atoms with van der Waals surface area (Å²) in [6.45, 7) is 9.92. The summed E-state index contributed by atoms with van der Waals surface area (Å²) in [5, 5.41) is 3.49. The molecule has 0 bridgehead atoms. The van der Waals surface area contributed by atoms with Gasteiger partial charge in [-0.2, -0.15) is 0 Å². The van der Waals surface area contributed by atoms with Gasteiger partial charge in [0.2, 0.25) is 0 Å². The Hall–Kier alpha value is -0.390. The molecule has 4 heteroatoms. The summed E-state index contributed by atoms with van der Waals surface area (Å²) < 4.78 is 1.20. The van der Waals surface area contributed by atoms with Gasteiger partial charge in [-0.3, -0.25) is 0 Å². The van der Waals surface area contributed by atoms with Crippen molar-refractivity contribution in [1.29, 1.82) is 0 Å². The fourth-order valence-electron chi connectivity index (χ4n) is 3.09. The molecule has 0 radical (unpaired) electrons. The van der Waals surface area contributed by atoms with Crippen molar-refractivity contribution >= 4 is 28.4 Å². The van der Waals surface area contributed by atoms with Crippen LogP contribution in [-0.2, 0) is 0 Å². The van der Waals surface area contributed by atoms with E-state index in [0.29, 0.717) is 11.8 Å². The molecule has 0 aliphatic heterocycles. The maximum atomic E-state index is 4.93. The van der Waals surface area contributed by atoms with Crippen LogP contribution in [0.15, 0.2) is 0 Å². The van der Waals surface area contributed by atoms with Gasteiger partial charge in [-0.25, -0.2) is 9.97 Å². The van der Waals surface area contributed by atoms with Crippen LogP contribution in [0.3, 0.4) is 0 Å². The number of rotatable bonds is 6. The second-order valence-electron chi connectivity index (χ2n) is 6.50. The van der Waals surface area contributed by atoms with Gasteiger partial charge in [0, 0.05) is 12.5 Å². The molecule has 1 aliphatic carbocycles. The molecule has 1 fully saturated rings.